The molecule has 1 saturated heterocycles. The number of thioether (sulfide) groups is 1. The number of hydrogen-bond donors (Lipinski definition) is 1. The fraction of sp³-hybridized carbons (Fsp3) is 0.261. The maximum atomic E-state index is 12.6. The zero-order valence-electron chi connectivity index (χ0n) is 18.1. The second-order valence-electron chi connectivity index (χ2n) is 8.00. The Labute approximate surface area is 196 Å². The van der Waals surface area contributed by atoms with Gasteiger partial charge >= 0.3 is 0 Å². The highest BCUT2D eigenvalue weighted by Crippen LogP contribution is 2.26. The van der Waals surface area contributed by atoms with E-state index < -0.39 is 10.0 Å². The molecule has 5 rings (SSSR count). The van der Waals surface area contributed by atoms with Crippen LogP contribution in [0.4, 0.5) is 5.69 Å². The summed E-state index contributed by atoms with van der Waals surface area (Å²) in [6.07, 6.45) is 1.78. The van der Waals surface area contributed by atoms with Crippen molar-refractivity contribution in [1.82, 2.24) is 18.9 Å². The number of carbonyl (C=O) groups is 1. The van der Waals surface area contributed by atoms with Crippen molar-refractivity contribution in [3.8, 4) is 0 Å². The number of sulfonamides is 1. The number of hydrogen-bond acceptors (Lipinski definition) is 6. The van der Waals surface area contributed by atoms with E-state index in [2.05, 4.69) is 21.6 Å². The quantitative estimate of drug-likeness (QED) is 0.422. The van der Waals surface area contributed by atoms with E-state index in [1.807, 2.05) is 35.6 Å². The van der Waals surface area contributed by atoms with Crippen molar-refractivity contribution >= 4 is 49.9 Å². The number of amides is 1. The molecule has 2 aromatic carbocycles. The Morgan fingerprint density at radius 2 is 1.79 bits per heavy atom. The lowest BCUT2D eigenvalue weighted by molar-refractivity contribution is -0.113. The number of para-hydroxylation sites is 1. The molecule has 170 valence electrons. The molecule has 1 aliphatic rings. The number of anilines is 1. The van der Waals surface area contributed by atoms with E-state index >= 15 is 0 Å². The Balaban J connectivity index is 1.28. The maximum Gasteiger partial charge on any atom is 0.243 e. The molecular weight excluding hydrogens is 458 g/mol. The molecule has 0 radical (unpaired) electrons. The summed E-state index contributed by atoms with van der Waals surface area (Å²) in [4.78, 5) is 12.8. The Bertz CT molecular complexity index is 1440. The molecule has 1 amide bonds. The monoisotopic (exact) mass is 481 g/mol. The van der Waals surface area contributed by atoms with Gasteiger partial charge in [0.2, 0.25) is 15.9 Å². The van der Waals surface area contributed by atoms with Gasteiger partial charge in [-0.05, 0) is 67.1 Å². The van der Waals surface area contributed by atoms with Gasteiger partial charge < -0.3 is 5.32 Å². The maximum absolute atomic E-state index is 12.6. The number of fused-ring (bicyclic) bond motifs is 3. The molecule has 0 spiro atoms. The summed E-state index contributed by atoms with van der Waals surface area (Å²) in [6, 6.07) is 16.4. The number of carbonyl (C=O) groups excluding carboxylic acids is 1. The van der Waals surface area contributed by atoms with E-state index in [1.54, 1.807) is 12.1 Å². The number of aryl methyl sites for hydroxylation is 1. The smallest absolute Gasteiger partial charge is 0.243 e. The molecule has 0 saturated carbocycles. The van der Waals surface area contributed by atoms with Gasteiger partial charge in [0, 0.05) is 18.8 Å². The van der Waals surface area contributed by atoms with Gasteiger partial charge in [-0.3, -0.25) is 9.20 Å². The van der Waals surface area contributed by atoms with Crippen LogP contribution in [0.5, 0.6) is 0 Å². The number of aromatic nitrogens is 3. The van der Waals surface area contributed by atoms with Crippen LogP contribution in [0.25, 0.3) is 16.6 Å². The first kappa shape index (κ1) is 21.9. The van der Waals surface area contributed by atoms with Crippen molar-refractivity contribution in [2.45, 2.75) is 29.8 Å². The number of benzene rings is 2. The van der Waals surface area contributed by atoms with E-state index in [1.165, 1.54) is 28.2 Å². The highest BCUT2D eigenvalue weighted by atomic mass is 32.2. The highest BCUT2D eigenvalue weighted by Gasteiger charge is 2.27. The third kappa shape index (κ3) is 4.21. The van der Waals surface area contributed by atoms with Crippen molar-refractivity contribution in [3.63, 3.8) is 0 Å². The number of nitrogens with one attached hydrogen (secondary N) is 1. The molecule has 10 heteroatoms. The van der Waals surface area contributed by atoms with Crippen molar-refractivity contribution in [2.75, 3.05) is 24.2 Å². The average molecular weight is 482 g/mol. The van der Waals surface area contributed by atoms with Crippen LogP contribution in [0.1, 0.15) is 18.4 Å². The Hall–Kier alpha value is -2.95. The van der Waals surface area contributed by atoms with Crippen LogP contribution in [0, 0.1) is 6.92 Å². The molecule has 1 N–H and O–H groups in total. The SMILES string of the molecule is Cc1cc2ccccc2n2c(SCC(=O)Nc3ccc(S(=O)(=O)N4CCCC4)cc3)nnc12. The lowest BCUT2D eigenvalue weighted by Crippen LogP contribution is -2.27. The number of nitrogens with zero attached hydrogens (tertiary/aromatic N) is 4. The third-order valence-corrected chi connectivity index (χ3v) is 8.55. The van der Waals surface area contributed by atoms with Crippen LogP contribution >= 0.6 is 11.8 Å². The summed E-state index contributed by atoms with van der Waals surface area (Å²) in [7, 11) is -3.47. The second kappa shape index (κ2) is 8.77. The van der Waals surface area contributed by atoms with Crippen LogP contribution in [-0.4, -0.2) is 52.1 Å². The van der Waals surface area contributed by atoms with Gasteiger partial charge in [-0.1, -0.05) is 30.0 Å². The average Bonchev–Trinajstić information content (AvgIpc) is 3.49. The van der Waals surface area contributed by atoms with Crippen molar-refractivity contribution < 1.29 is 13.2 Å². The molecule has 8 nitrogen and oxygen atoms in total. The number of rotatable bonds is 6. The molecule has 0 aliphatic carbocycles. The van der Waals surface area contributed by atoms with Crippen LogP contribution in [0.2, 0.25) is 0 Å². The van der Waals surface area contributed by atoms with Gasteiger partial charge in [0.1, 0.15) is 0 Å². The van der Waals surface area contributed by atoms with Crippen molar-refractivity contribution in [3.05, 3.63) is 60.2 Å². The third-order valence-electron chi connectivity index (χ3n) is 5.71. The van der Waals surface area contributed by atoms with E-state index in [0.717, 1.165) is 35.0 Å². The predicted molar refractivity (Wildman–Crippen MR) is 129 cm³/mol. The Morgan fingerprint density at radius 3 is 2.55 bits per heavy atom. The van der Waals surface area contributed by atoms with Gasteiger partial charge in [0.05, 0.1) is 16.2 Å². The van der Waals surface area contributed by atoms with Gasteiger partial charge in [-0.15, -0.1) is 10.2 Å². The molecule has 2 aromatic heterocycles. The van der Waals surface area contributed by atoms with Crippen molar-refractivity contribution in [2.24, 2.45) is 0 Å². The first-order valence-corrected chi connectivity index (χ1v) is 13.1. The molecule has 0 unspecified atom stereocenters. The van der Waals surface area contributed by atoms with E-state index in [0.29, 0.717) is 23.9 Å². The minimum atomic E-state index is -3.47. The van der Waals surface area contributed by atoms with Crippen molar-refractivity contribution in [1.29, 1.82) is 0 Å². The lowest BCUT2D eigenvalue weighted by Gasteiger charge is -2.15. The fourth-order valence-corrected chi connectivity index (χ4v) is 6.32. The molecule has 1 fully saturated rings. The van der Waals surface area contributed by atoms with E-state index in [9.17, 15) is 13.2 Å². The highest BCUT2D eigenvalue weighted by molar-refractivity contribution is 7.99. The molecule has 1 aliphatic heterocycles. The standard InChI is InChI=1S/C23H23N5O3S2/c1-16-14-17-6-2-3-7-20(17)28-22(16)25-26-23(28)32-15-21(29)24-18-8-10-19(11-9-18)33(30,31)27-12-4-5-13-27/h2-3,6-11,14H,4-5,12-13,15H2,1H3,(H,24,29). The first-order chi connectivity index (χ1) is 15.9. The molecule has 0 bridgehead atoms. The summed E-state index contributed by atoms with van der Waals surface area (Å²) < 4.78 is 28.8. The van der Waals surface area contributed by atoms with Gasteiger partial charge in [0.15, 0.2) is 10.8 Å². The zero-order chi connectivity index (χ0) is 23.0. The molecule has 4 aromatic rings. The molecule has 3 heterocycles. The second-order valence-corrected chi connectivity index (χ2v) is 10.9. The van der Waals surface area contributed by atoms with Gasteiger partial charge in [0.25, 0.3) is 0 Å². The van der Waals surface area contributed by atoms with Crippen LogP contribution in [0.3, 0.4) is 0 Å². The summed E-state index contributed by atoms with van der Waals surface area (Å²) in [5.41, 5.74) is 3.32. The summed E-state index contributed by atoms with van der Waals surface area (Å²) in [6.45, 7) is 3.11. The summed E-state index contributed by atoms with van der Waals surface area (Å²) >= 11 is 1.31. The fourth-order valence-electron chi connectivity index (χ4n) is 4.06. The van der Waals surface area contributed by atoms with E-state index in [4.69, 9.17) is 0 Å². The van der Waals surface area contributed by atoms with Gasteiger partial charge in [-0.25, -0.2) is 8.42 Å². The Morgan fingerprint density at radius 1 is 1.06 bits per heavy atom. The van der Waals surface area contributed by atoms with Gasteiger partial charge in [-0.2, -0.15) is 4.31 Å². The summed E-state index contributed by atoms with van der Waals surface area (Å²) in [5, 5.41) is 13.1. The molecule has 33 heavy (non-hydrogen) atoms. The van der Waals surface area contributed by atoms with Crippen LogP contribution < -0.4 is 5.32 Å². The first-order valence-electron chi connectivity index (χ1n) is 10.7. The molecule has 0 atom stereocenters. The van der Waals surface area contributed by atoms with Crippen LogP contribution in [0.15, 0.2) is 64.6 Å². The normalized spacial score (nSPS) is 14.8. The van der Waals surface area contributed by atoms with Crippen LogP contribution in [-0.2, 0) is 14.8 Å². The largest absolute Gasteiger partial charge is 0.325 e. The molecular formula is C23H23N5O3S2. The number of pyridine rings is 1. The minimum absolute atomic E-state index is 0.150. The summed E-state index contributed by atoms with van der Waals surface area (Å²) in [5.74, 6) is -0.0551. The topological polar surface area (TPSA) is 96.7 Å². The lowest BCUT2D eigenvalue weighted by atomic mass is 10.1. The Kier molecular flexibility index (Phi) is 5.81. The zero-order valence-corrected chi connectivity index (χ0v) is 19.7. The van der Waals surface area contributed by atoms with E-state index in [-0.39, 0.29) is 16.6 Å². The predicted octanol–water partition coefficient (Wildman–Crippen LogP) is 3.71. The minimum Gasteiger partial charge on any atom is -0.325 e.